The number of carbonyl (C=O) groups is 3. The topological polar surface area (TPSA) is 204 Å². The minimum atomic E-state index is -0.124. The number of hydrogen-bond donors (Lipinski definition) is 5. The lowest BCUT2D eigenvalue weighted by molar-refractivity contribution is -0.118. The summed E-state index contributed by atoms with van der Waals surface area (Å²) in [6.07, 6.45) is 5.08. The minimum Gasteiger partial charge on any atom is -0.508 e. The first-order chi connectivity index (χ1) is 28.4. The number of Topliss-reactive ketones (excluding diaryl/α,β-unsaturated/α-hetero) is 3. The number of ether oxygens (including phenoxy) is 1. The predicted octanol–water partition coefficient (Wildman–Crippen LogP) is 8.64. The molecule has 0 atom stereocenters. The number of hydrogen-bond acceptors (Lipinski definition) is 11. The summed E-state index contributed by atoms with van der Waals surface area (Å²) in [7, 11) is 0. The molecule has 0 bridgehead atoms. The highest BCUT2D eigenvalue weighted by Crippen LogP contribution is 2.31. The van der Waals surface area contributed by atoms with Gasteiger partial charge >= 0.3 is 0 Å². The maximum Gasteiger partial charge on any atom is 0.286 e. The highest BCUT2D eigenvalue weighted by molar-refractivity contribution is 6.04. The van der Waals surface area contributed by atoms with Gasteiger partial charge in [0, 0.05) is 41.7 Å². The number of phenols is 4. The highest BCUT2D eigenvalue weighted by atomic mass is 16.5. The molecule has 0 aliphatic heterocycles. The fraction of sp³-hybridized carbons (Fsp3) is 0.271. The molecule has 310 valence electrons. The van der Waals surface area contributed by atoms with Crippen molar-refractivity contribution in [2.45, 2.75) is 72.8 Å². The third-order valence-corrected chi connectivity index (χ3v) is 8.96. The predicted molar refractivity (Wildman–Crippen MR) is 231 cm³/mol. The fourth-order valence-corrected chi connectivity index (χ4v) is 5.33. The number of ketones is 3. The van der Waals surface area contributed by atoms with Crippen molar-refractivity contribution in [1.82, 2.24) is 0 Å². The molecule has 0 unspecified atom stereocenters. The monoisotopic (exact) mass is 801 g/mol. The standard InChI is InChI=1S/C20H23NO3.C10H13NO.C10H12O3.C8H7NO/c1-3-18(17-11-12-19(23)14(2)20(17)24)21-13-16(22)10-9-15-7-5-4-6-8-15;11-8-10(12)7-6-9-4-2-1-3-5-9;1-3-8(11)7-4-5-9(12)6(2)10(7)13;9-7-10-6-8-4-2-1-3-5-8/h4-8,11-12,23-24H,3,9-10,13H2,1-2H3;1-5H,6-8,11H2;4-5,12-13H,3H2,1-2H3;1-5H,6H2. The molecule has 0 saturated carbocycles. The first kappa shape index (κ1) is 48.4. The molecule has 0 aromatic heterocycles. The molecule has 0 heterocycles. The lowest BCUT2D eigenvalue weighted by Crippen LogP contribution is -2.13. The summed E-state index contributed by atoms with van der Waals surface area (Å²) in [6.45, 7) is 7.50. The van der Waals surface area contributed by atoms with Crippen LogP contribution in [0.1, 0.15) is 83.3 Å². The van der Waals surface area contributed by atoms with E-state index in [0.717, 1.165) is 17.5 Å². The van der Waals surface area contributed by atoms with Crippen LogP contribution in [0.15, 0.2) is 120 Å². The van der Waals surface area contributed by atoms with Gasteiger partial charge in [0.05, 0.1) is 18.7 Å². The van der Waals surface area contributed by atoms with Crippen molar-refractivity contribution in [2.75, 3.05) is 13.1 Å². The number of nitriles is 1. The summed E-state index contributed by atoms with van der Waals surface area (Å²) in [6, 6.07) is 35.4. The number of aromatic hydroxyl groups is 4. The summed E-state index contributed by atoms with van der Waals surface area (Å²) in [5.74, 6) is 0.0224. The number of nitrogens with zero attached hydrogens (tertiary/aromatic N) is 2. The molecule has 0 fully saturated rings. The Balaban J connectivity index is 0.000000291. The van der Waals surface area contributed by atoms with E-state index in [1.807, 2.05) is 97.9 Å². The van der Waals surface area contributed by atoms with E-state index in [1.54, 1.807) is 33.1 Å². The van der Waals surface area contributed by atoms with Crippen LogP contribution in [-0.2, 0) is 33.8 Å². The molecule has 5 aromatic rings. The summed E-state index contributed by atoms with van der Waals surface area (Å²) in [4.78, 5) is 38.6. The van der Waals surface area contributed by atoms with Crippen molar-refractivity contribution in [1.29, 1.82) is 5.26 Å². The molecular formula is C48H55N3O8. The number of benzene rings is 5. The van der Waals surface area contributed by atoms with Crippen molar-refractivity contribution in [2.24, 2.45) is 10.7 Å². The van der Waals surface area contributed by atoms with Gasteiger partial charge in [-0.3, -0.25) is 19.4 Å². The van der Waals surface area contributed by atoms with E-state index in [9.17, 15) is 34.8 Å². The second-order valence-corrected chi connectivity index (χ2v) is 13.2. The van der Waals surface area contributed by atoms with Gasteiger partial charge in [-0.2, -0.15) is 5.26 Å². The SMILES string of the molecule is CCC(=NCC(=O)CCc1ccccc1)c1ccc(O)c(C)c1O.CCC(=O)c1ccc(O)c(C)c1O.N#COCc1ccccc1.NCC(=O)CCc1ccccc1. The van der Waals surface area contributed by atoms with Crippen molar-refractivity contribution in [3.63, 3.8) is 0 Å². The lowest BCUT2D eigenvalue weighted by atomic mass is 10.0. The number of carbonyl (C=O) groups excluding carboxylic acids is 3. The van der Waals surface area contributed by atoms with Crippen LogP contribution in [0.25, 0.3) is 0 Å². The van der Waals surface area contributed by atoms with Crippen LogP contribution < -0.4 is 5.73 Å². The largest absolute Gasteiger partial charge is 0.508 e. The van der Waals surface area contributed by atoms with Gasteiger partial charge < -0.3 is 30.9 Å². The molecule has 5 rings (SSSR count). The summed E-state index contributed by atoms with van der Waals surface area (Å²) in [5.41, 5.74) is 10.8. The molecule has 0 saturated heterocycles. The van der Waals surface area contributed by atoms with E-state index in [2.05, 4.69) is 9.73 Å². The molecule has 0 spiro atoms. The van der Waals surface area contributed by atoms with Crippen LogP contribution in [0.4, 0.5) is 0 Å². The average molecular weight is 802 g/mol. The van der Waals surface area contributed by atoms with Gasteiger partial charge in [-0.1, -0.05) is 105 Å². The zero-order valence-electron chi connectivity index (χ0n) is 34.2. The van der Waals surface area contributed by atoms with Crippen LogP contribution >= 0.6 is 0 Å². The second-order valence-electron chi connectivity index (χ2n) is 13.2. The number of aryl methyl sites for hydroxylation is 2. The normalized spacial score (nSPS) is 10.3. The zero-order chi connectivity index (χ0) is 43.6. The maximum absolute atomic E-state index is 12.1. The Labute approximate surface area is 347 Å². The zero-order valence-corrected chi connectivity index (χ0v) is 34.2. The average Bonchev–Trinajstić information content (AvgIpc) is 3.27. The molecule has 11 nitrogen and oxygen atoms in total. The Morgan fingerprint density at radius 3 is 1.51 bits per heavy atom. The van der Waals surface area contributed by atoms with Gasteiger partial charge in [0.15, 0.2) is 11.6 Å². The summed E-state index contributed by atoms with van der Waals surface area (Å²) in [5, 5.41) is 46.6. The van der Waals surface area contributed by atoms with Crippen LogP contribution in [0, 0.1) is 25.4 Å². The van der Waals surface area contributed by atoms with Crippen molar-refractivity contribution in [3.8, 4) is 29.3 Å². The third kappa shape index (κ3) is 17.5. The molecule has 0 aliphatic carbocycles. The first-order valence-electron chi connectivity index (χ1n) is 19.3. The van der Waals surface area contributed by atoms with E-state index >= 15 is 0 Å². The Kier molecular flexibility index (Phi) is 22.1. The fourth-order valence-electron chi connectivity index (χ4n) is 5.33. The van der Waals surface area contributed by atoms with E-state index in [0.29, 0.717) is 61.1 Å². The number of aliphatic imine (C=N–C) groups is 1. The Morgan fingerprint density at radius 1 is 0.627 bits per heavy atom. The van der Waals surface area contributed by atoms with E-state index in [-0.39, 0.29) is 59.0 Å². The Hall–Kier alpha value is -6.77. The summed E-state index contributed by atoms with van der Waals surface area (Å²) >= 11 is 0. The van der Waals surface area contributed by atoms with Gasteiger partial charge in [-0.05, 0) is 74.1 Å². The van der Waals surface area contributed by atoms with Crippen LogP contribution in [0.5, 0.6) is 23.0 Å². The third-order valence-electron chi connectivity index (χ3n) is 8.96. The van der Waals surface area contributed by atoms with Gasteiger partial charge in [-0.15, -0.1) is 0 Å². The molecule has 11 heteroatoms. The van der Waals surface area contributed by atoms with Crippen LogP contribution in [0.3, 0.4) is 0 Å². The van der Waals surface area contributed by atoms with Gasteiger partial charge in [-0.25, -0.2) is 0 Å². The minimum absolute atomic E-state index is 0.00477. The van der Waals surface area contributed by atoms with Crippen LogP contribution in [-0.4, -0.2) is 56.6 Å². The number of rotatable bonds is 15. The van der Waals surface area contributed by atoms with Gasteiger partial charge in [0.1, 0.15) is 35.4 Å². The highest BCUT2D eigenvalue weighted by Gasteiger charge is 2.14. The molecule has 0 radical (unpaired) electrons. The van der Waals surface area contributed by atoms with Crippen molar-refractivity contribution >= 4 is 23.1 Å². The summed E-state index contributed by atoms with van der Waals surface area (Å²) < 4.78 is 4.53. The smallest absolute Gasteiger partial charge is 0.286 e. The molecular weight excluding hydrogens is 747 g/mol. The number of phenolic OH excluding ortho intramolecular Hbond substituents is 4. The Morgan fingerprint density at radius 2 is 1.07 bits per heavy atom. The molecule has 0 amide bonds. The Bertz CT molecular complexity index is 2130. The lowest BCUT2D eigenvalue weighted by Gasteiger charge is -2.10. The molecule has 59 heavy (non-hydrogen) atoms. The first-order valence-corrected chi connectivity index (χ1v) is 19.3. The maximum atomic E-state index is 12.1. The van der Waals surface area contributed by atoms with E-state index < -0.39 is 0 Å². The van der Waals surface area contributed by atoms with E-state index in [4.69, 9.17) is 11.0 Å². The van der Waals surface area contributed by atoms with E-state index in [1.165, 1.54) is 23.8 Å². The van der Waals surface area contributed by atoms with Gasteiger partial charge in [0.25, 0.3) is 6.26 Å². The van der Waals surface area contributed by atoms with Crippen LogP contribution in [0.2, 0.25) is 0 Å². The number of nitrogens with two attached hydrogens (primary N) is 1. The molecule has 5 aromatic carbocycles. The van der Waals surface area contributed by atoms with Crippen molar-refractivity contribution < 1.29 is 39.5 Å². The van der Waals surface area contributed by atoms with Gasteiger partial charge in [0.2, 0.25) is 0 Å². The second kappa shape index (κ2) is 27.0. The van der Waals surface area contributed by atoms with Crippen molar-refractivity contribution in [3.05, 3.63) is 154 Å². The molecule has 0 aliphatic rings. The molecule has 6 N–H and O–H groups in total. The quantitative estimate of drug-likeness (QED) is 0.0387.